The van der Waals surface area contributed by atoms with Crippen LogP contribution >= 0.6 is 0 Å². The number of carbonyl (C=O) groups excluding carboxylic acids is 1. The van der Waals surface area contributed by atoms with E-state index in [0.29, 0.717) is 17.3 Å². The second-order valence-corrected chi connectivity index (χ2v) is 6.43. The second-order valence-electron chi connectivity index (χ2n) is 6.43. The van der Waals surface area contributed by atoms with Crippen LogP contribution in [0.5, 0.6) is 17.2 Å². The number of amides is 1. The first-order valence-electron chi connectivity index (χ1n) is 7.57. The minimum atomic E-state index is -0.243. The van der Waals surface area contributed by atoms with E-state index < -0.39 is 0 Å². The van der Waals surface area contributed by atoms with Gasteiger partial charge in [-0.15, -0.1) is 0 Å². The second kappa shape index (κ2) is 5.57. The molecule has 120 valence electrons. The molecule has 0 unspecified atom stereocenters. The number of ether oxygens (including phenoxy) is 2. The zero-order chi connectivity index (χ0) is 16.6. The Kier molecular flexibility index (Phi) is 3.72. The molecule has 0 fully saturated rings. The minimum absolute atomic E-state index is 0.193. The normalized spacial score (nSPS) is 14.8. The Balaban J connectivity index is 1.97. The van der Waals surface area contributed by atoms with Crippen molar-refractivity contribution in [2.45, 2.75) is 39.7 Å². The maximum Gasteiger partial charge on any atom is 0.222 e. The van der Waals surface area contributed by atoms with Gasteiger partial charge in [-0.05, 0) is 38.5 Å². The molecule has 1 aliphatic rings. The van der Waals surface area contributed by atoms with Gasteiger partial charge >= 0.3 is 0 Å². The van der Waals surface area contributed by atoms with Crippen LogP contribution in [0.3, 0.4) is 0 Å². The number of carbonyl (C=O) groups is 1. The van der Waals surface area contributed by atoms with E-state index in [-0.39, 0.29) is 11.5 Å². The first-order valence-corrected chi connectivity index (χ1v) is 7.57. The first kappa shape index (κ1) is 15.3. The predicted octanol–water partition coefficient (Wildman–Crippen LogP) is 3.85. The van der Waals surface area contributed by atoms with Crippen molar-refractivity contribution in [2.75, 3.05) is 5.32 Å². The smallest absolute Gasteiger partial charge is 0.222 e. The average Bonchev–Trinajstić information content (AvgIpc) is 2.76. The van der Waals surface area contributed by atoms with Crippen molar-refractivity contribution in [3.05, 3.63) is 41.6 Å². The molecular formula is C18H20N2O3. The summed E-state index contributed by atoms with van der Waals surface area (Å²) in [6.45, 7) is 7.46. The van der Waals surface area contributed by atoms with E-state index in [1.165, 1.54) is 6.92 Å². The monoisotopic (exact) mass is 312 g/mol. The lowest BCUT2D eigenvalue weighted by atomic mass is 10.0. The average molecular weight is 312 g/mol. The molecule has 1 N–H and O–H groups in total. The number of hydrogen-bond acceptors (Lipinski definition) is 4. The summed E-state index contributed by atoms with van der Waals surface area (Å²) < 4.78 is 12.0. The van der Waals surface area contributed by atoms with Gasteiger partial charge in [0.25, 0.3) is 0 Å². The molecule has 0 aliphatic carbocycles. The number of rotatable bonds is 3. The summed E-state index contributed by atoms with van der Waals surface area (Å²) in [6.07, 6.45) is 2.53. The number of hydrogen-bond donors (Lipinski definition) is 1. The number of fused-ring (bicyclic) bond motifs is 1. The summed E-state index contributed by atoms with van der Waals surface area (Å²) in [4.78, 5) is 15.6. The molecule has 1 aliphatic heterocycles. The van der Waals surface area contributed by atoms with E-state index in [4.69, 9.17) is 9.47 Å². The Morgan fingerprint density at radius 2 is 2.13 bits per heavy atom. The minimum Gasteiger partial charge on any atom is -0.483 e. The first-order chi connectivity index (χ1) is 10.8. The summed E-state index contributed by atoms with van der Waals surface area (Å²) in [5.74, 6) is 2.10. The fourth-order valence-corrected chi connectivity index (χ4v) is 2.67. The lowest BCUT2D eigenvalue weighted by Crippen LogP contribution is -2.24. The molecular weight excluding hydrogens is 292 g/mol. The van der Waals surface area contributed by atoms with Crippen LogP contribution in [0.25, 0.3) is 0 Å². The molecule has 3 rings (SSSR count). The zero-order valence-corrected chi connectivity index (χ0v) is 13.8. The topological polar surface area (TPSA) is 60.5 Å². The largest absolute Gasteiger partial charge is 0.483 e. The van der Waals surface area contributed by atoms with Crippen LogP contribution in [-0.2, 0) is 11.2 Å². The van der Waals surface area contributed by atoms with Crippen LogP contribution in [0.4, 0.5) is 5.82 Å². The van der Waals surface area contributed by atoms with Crippen molar-refractivity contribution in [1.82, 2.24) is 4.98 Å². The lowest BCUT2D eigenvalue weighted by molar-refractivity contribution is -0.114. The highest BCUT2D eigenvalue weighted by atomic mass is 16.5. The number of aryl methyl sites for hydroxylation is 1. The number of para-hydroxylation sites is 1. The summed E-state index contributed by atoms with van der Waals surface area (Å²) in [7, 11) is 0. The lowest BCUT2D eigenvalue weighted by Gasteiger charge is -2.18. The Morgan fingerprint density at radius 3 is 2.87 bits per heavy atom. The molecule has 5 nitrogen and oxygen atoms in total. The number of pyridine rings is 1. The van der Waals surface area contributed by atoms with Crippen molar-refractivity contribution in [1.29, 1.82) is 0 Å². The van der Waals surface area contributed by atoms with Gasteiger partial charge in [-0.25, -0.2) is 4.98 Å². The van der Waals surface area contributed by atoms with Crippen LogP contribution in [0.1, 0.15) is 31.9 Å². The number of benzene rings is 1. The summed E-state index contributed by atoms with van der Waals surface area (Å²) in [6, 6.07) is 7.69. The molecule has 0 radical (unpaired) electrons. The fourth-order valence-electron chi connectivity index (χ4n) is 2.67. The van der Waals surface area contributed by atoms with E-state index in [1.54, 1.807) is 6.20 Å². The van der Waals surface area contributed by atoms with Crippen LogP contribution in [0.15, 0.2) is 30.5 Å². The Labute approximate surface area is 135 Å². The quantitative estimate of drug-likeness (QED) is 0.935. The van der Waals surface area contributed by atoms with Crippen LogP contribution < -0.4 is 14.8 Å². The van der Waals surface area contributed by atoms with E-state index in [0.717, 1.165) is 23.3 Å². The molecule has 0 atom stereocenters. The zero-order valence-electron chi connectivity index (χ0n) is 13.8. The molecule has 2 heterocycles. The Bertz CT molecular complexity index is 769. The van der Waals surface area contributed by atoms with Gasteiger partial charge in [0.2, 0.25) is 5.91 Å². The summed E-state index contributed by atoms with van der Waals surface area (Å²) in [5, 5.41) is 2.69. The van der Waals surface area contributed by atoms with Gasteiger partial charge in [0.15, 0.2) is 23.1 Å². The highest BCUT2D eigenvalue weighted by molar-refractivity contribution is 5.89. The highest BCUT2D eigenvalue weighted by Crippen LogP contribution is 2.44. The third kappa shape index (κ3) is 3.28. The number of nitrogens with one attached hydrogen (secondary N) is 1. The molecule has 0 saturated carbocycles. The third-order valence-corrected chi connectivity index (χ3v) is 3.56. The van der Waals surface area contributed by atoms with Crippen molar-refractivity contribution in [3.8, 4) is 17.2 Å². The van der Waals surface area contributed by atoms with Gasteiger partial charge < -0.3 is 14.8 Å². The number of aromatic nitrogens is 1. The van der Waals surface area contributed by atoms with Crippen molar-refractivity contribution < 1.29 is 14.3 Å². The standard InChI is InChI=1S/C18H20N2O3/c1-11-8-15(17(19-10-11)20-12(2)21)22-14-7-5-6-13-9-18(3,4)23-16(13)14/h5-8,10H,9H2,1-4H3,(H,19,20,21). The van der Waals surface area contributed by atoms with Crippen molar-refractivity contribution in [3.63, 3.8) is 0 Å². The van der Waals surface area contributed by atoms with E-state index in [9.17, 15) is 4.79 Å². The van der Waals surface area contributed by atoms with Gasteiger partial charge in [0.1, 0.15) is 5.60 Å². The molecule has 1 aromatic heterocycles. The molecule has 5 heteroatoms. The maximum absolute atomic E-state index is 11.3. The van der Waals surface area contributed by atoms with E-state index in [2.05, 4.69) is 10.3 Å². The molecule has 0 bridgehead atoms. The number of anilines is 1. The van der Waals surface area contributed by atoms with Crippen LogP contribution in [-0.4, -0.2) is 16.5 Å². The SMILES string of the molecule is CC(=O)Nc1ncc(C)cc1Oc1cccc2c1OC(C)(C)C2. The summed E-state index contributed by atoms with van der Waals surface area (Å²) >= 11 is 0. The third-order valence-electron chi connectivity index (χ3n) is 3.56. The fraction of sp³-hybridized carbons (Fsp3) is 0.333. The van der Waals surface area contributed by atoms with Gasteiger partial charge in [-0.2, -0.15) is 0 Å². The molecule has 2 aromatic rings. The molecule has 1 amide bonds. The van der Waals surface area contributed by atoms with Gasteiger partial charge in [-0.3, -0.25) is 4.79 Å². The molecule has 0 saturated heterocycles. The van der Waals surface area contributed by atoms with Crippen molar-refractivity contribution >= 4 is 11.7 Å². The molecule has 1 aromatic carbocycles. The van der Waals surface area contributed by atoms with E-state index in [1.807, 2.05) is 45.0 Å². The predicted molar refractivity (Wildman–Crippen MR) is 88.2 cm³/mol. The number of nitrogens with zero attached hydrogens (tertiary/aromatic N) is 1. The molecule has 0 spiro atoms. The summed E-state index contributed by atoms with van der Waals surface area (Å²) in [5.41, 5.74) is 1.82. The van der Waals surface area contributed by atoms with Crippen molar-refractivity contribution in [2.24, 2.45) is 0 Å². The van der Waals surface area contributed by atoms with Crippen LogP contribution in [0.2, 0.25) is 0 Å². The van der Waals surface area contributed by atoms with Gasteiger partial charge in [-0.1, -0.05) is 12.1 Å². The van der Waals surface area contributed by atoms with Gasteiger partial charge in [0.05, 0.1) is 0 Å². The highest BCUT2D eigenvalue weighted by Gasteiger charge is 2.32. The maximum atomic E-state index is 11.3. The van der Waals surface area contributed by atoms with E-state index >= 15 is 0 Å². The van der Waals surface area contributed by atoms with Crippen LogP contribution in [0, 0.1) is 6.92 Å². The Hall–Kier alpha value is -2.56. The Morgan fingerprint density at radius 1 is 1.35 bits per heavy atom. The van der Waals surface area contributed by atoms with Gasteiger partial charge in [0, 0.05) is 25.1 Å². The molecule has 23 heavy (non-hydrogen) atoms.